The van der Waals surface area contributed by atoms with E-state index in [1.54, 1.807) is 0 Å². The van der Waals surface area contributed by atoms with Gasteiger partial charge >= 0.3 is 0 Å². The molecule has 2 fully saturated rings. The van der Waals surface area contributed by atoms with E-state index in [1.807, 2.05) is 42.5 Å². The molecule has 2 aromatic rings. The van der Waals surface area contributed by atoms with Crippen molar-refractivity contribution < 1.29 is 9.59 Å². The molecule has 1 aliphatic heterocycles. The third kappa shape index (κ3) is 2.55. The van der Waals surface area contributed by atoms with Gasteiger partial charge in [-0.2, -0.15) is 0 Å². The Labute approximate surface area is 168 Å². The SMILES string of the molecule is O=C1C[C@H](C2CC2)[C@]2(C(=O)Nc3cc(Cl)ccc32)[C@H](c2cccc(Cl)c2)C1. The van der Waals surface area contributed by atoms with Crippen molar-refractivity contribution in [1.82, 2.24) is 0 Å². The van der Waals surface area contributed by atoms with Crippen molar-refractivity contribution in [2.75, 3.05) is 5.32 Å². The lowest BCUT2D eigenvalue weighted by Crippen LogP contribution is -2.52. The van der Waals surface area contributed by atoms with E-state index in [1.165, 1.54) is 0 Å². The minimum Gasteiger partial charge on any atom is -0.325 e. The molecule has 3 nitrogen and oxygen atoms in total. The monoisotopic (exact) mass is 399 g/mol. The highest BCUT2D eigenvalue weighted by Gasteiger charge is 2.63. The Morgan fingerprint density at radius 3 is 2.48 bits per heavy atom. The number of amides is 1. The largest absolute Gasteiger partial charge is 0.325 e. The van der Waals surface area contributed by atoms with Crippen LogP contribution in [0.3, 0.4) is 0 Å². The van der Waals surface area contributed by atoms with Gasteiger partial charge in [-0.05, 0) is 60.1 Å². The molecule has 2 aromatic carbocycles. The van der Waals surface area contributed by atoms with Crippen LogP contribution in [0.5, 0.6) is 0 Å². The van der Waals surface area contributed by atoms with Crippen molar-refractivity contribution >= 4 is 40.6 Å². The first-order valence-electron chi connectivity index (χ1n) is 9.39. The number of anilines is 1. The van der Waals surface area contributed by atoms with Crippen molar-refractivity contribution in [2.45, 2.75) is 37.0 Å². The predicted molar refractivity (Wildman–Crippen MR) is 106 cm³/mol. The fourth-order valence-electron chi connectivity index (χ4n) is 5.32. The average molecular weight is 400 g/mol. The van der Waals surface area contributed by atoms with Gasteiger partial charge in [0.25, 0.3) is 0 Å². The zero-order valence-corrected chi connectivity index (χ0v) is 16.2. The average Bonchev–Trinajstić information content (AvgIpc) is 3.42. The van der Waals surface area contributed by atoms with E-state index in [9.17, 15) is 9.59 Å². The van der Waals surface area contributed by atoms with Crippen LogP contribution >= 0.6 is 23.2 Å². The van der Waals surface area contributed by atoms with Crippen molar-refractivity contribution in [2.24, 2.45) is 11.8 Å². The van der Waals surface area contributed by atoms with Crippen LogP contribution in [-0.4, -0.2) is 11.7 Å². The molecule has 1 heterocycles. The fourth-order valence-corrected chi connectivity index (χ4v) is 5.69. The van der Waals surface area contributed by atoms with E-state index in [0.29, 0.717) is 28.8 Å². The highest BCUT2D eigenvalue weighted by atomic mass is 35.5. The van der Waals surface area contributed by atoms with E-state index in [-0.39, 0.29) is 23.5 Å². The summed E-state index contributed by atoms with van der Waals surface area (Å²) in [4.78, 5) is 26.2. The number of rotatable bonds is 2. The first-order valence-corrected chi connectivity index (χ1v) is 10.1. The molecule has 5 rings (SSSR count). The van der Waals surface area contributed by atoms with Crippen molar-refractivity contribution in [3.63, 3.8) is 0 Å². The van der Waals surface area contributed by atoms with Crippen LogP contribution in [-0.2, 0) is 15.0 Å². The Balaban J connectivity index is 1.76. The van der Waals surface area contributed by atoms with Crippen LogP contribution < -0.4 is 5.32 Å². The molecule has 0 aromatic heterocycles. The molecule has 0 unspecified atom stereocenters. The fraction of sp³-hybridized carbons (Fsp3) is 0.364. The van der Waals surface area contributed by atoms with Gasteiger partial charge in [0.05, 0.1) is 5.41 Å². The van der Waals surface area contributed by atoms with E-state index in [4.69, 9.17) is 23.2 Å². The molecule has 1 amide bonds. The van der Waals surface area contributed by atoms with Gasteiger partial charge in [0.15, 0.2) is 0 Å². The third-order valence-electron chi connectivity index (χ3n) is 6.51. The summed E-state index contributed by atoms with van der Waals surface area (Å²) in [7, 11) is 0. The number of halogens is 2. The first kappa shape index (κ1) is 17.3. The van der Waals surface area contributed by atoms with Crippen LogP contribution in [0.15, 0.2) is 42.5 Å². The number of carbonyl (C=O) groups is 2. The molecule has 27 heavy (non-hydrogen) atoms. The summed E-state index contributed by atoms with van der Waals surface area (Å²) in [5, 5.41) is 4.29. The minimum absolute atomic E-state index is 0.00542. The Hall–Kier alpha value is -1.84. The lowest BCUT2D eigenvalue weighted by Gasteiger charge is -2.46. The van der Waals surface area contributed by atoms with Crippen LogP contribution in [0.4, 0.5) is 5.69 Å². The number of hydrogen-bond acceptors (Lipinski definition) is 2. The van der Waals surface area contributed by atoms with Gasteiger partial charge in [0.2, 0.25) is 5.91 Å². The summed E-state index contributed by atoms with van der Waals surface area (Å²) in [5.41, 5.74) is 1.98. The number of nitrogens with one attached hydrogen (secondary N) is 1. The van der Waals surface area contributed by atoms with Gasteiger partial charge < -0.3 is 5.32 Å². The number of carbonyl (C=O) groups excluding carboxylic acids is 2. The van der Waals surface area contributed by atoms with Crippen LogP contribution in [0.1, 0.15) is 42.7 Å². The standard InChI is InChI=1S/C22H19Cl2NO2/c23-14-3-1-2-13(8-14)19-11-16(26)10-18(12-4-5-12)22(19)17-7-6-15(24)9-20(17)25-21(22)27/h1-3,6-9,12,18-19H,4-5,10-11H2,(H,25,27)/t18-,19+,22+/m1/s1. The van der Waals surface area contributed by atoms with E-state index in [2.05, 4.69) is 5.32 Å². The minimum atomic E-state index is -0.736. The van der Waals surface area contributed by atoms with Gasteiger partial charge in [0, 0.05) is 34.5 Å². The van der Waals surface area contributed by atoms with Crippen molar-refractivity contribution in [3.05, 3.63) is 63.6 Å². The third-order valence-corrected chi connectivity index (χ3v) is 6.98. The summed E-state index contributed by atoms with van der Waals surface area (Å²) in [5.74, 6) is 0.450. The highest BCUT2D eigenvalue weighted by Crippen LogP contribution is 2.62. The molecule has 2 saturated carbocycles. The van der Waals surface area contributed by atoms with Gasteiger partial charge in [-0.15, -0.1) is 0 Å². The number of ketones is 1. The summed E-state index contributed by atoms with van der Waals surface area (Å²) in [6, 6.07) is 13.2. The number of benzene rings is 2. The van der Waals surface area contributed by atoms with Gasteiger partial charge in [-0.3, -0.25) is 9.59 Å². The van der Waals surface area contributed by atoms with Gasteiger partial charge in [-0.25, -0.2) is 0 Å². The molecule has 5 heteroatoms. The lowest BCUT2D eigenvalue weighted by atomic mass is 9.54. The zero-order valence-electron chi connectivity index (χ0n) is 14.7. The Morgan fingerprint density at radius 2 is 1.74 bits per heavy atom. The summed E-state index contributed by atoms with van der Waals surface area (Å²) >= 11 is 12.4. The van der Waals surface area contributed by atoms with Gasteiger partial charge in [-0.1, -0.05) is 41.4 Å². The van der Waals surface area contributed by atoms with E-state index in [0.717, 1.165) is 29.7 Å². The highest BCUT2D eigenvalue weighted by molar-refractivity contribution is 6.31. The molecule has 3 aliphatic rings. The van der Waals surface area contributed by atoms with Crippen LogP contribution in [0, 0.1) is 11.8 Å². The predicted octanol–water partition coefficient (Wildman–Crippen LogP) is 5.36. The number of Topliss-reactive ketones (excluding diaryl/α,β-unsaturated/α-hetero) is 1. The first-order chi connectivity index (χ1) is 13.0. The second kappa shape index (κ2) is 6.08. The molecule has 0 radical (unpaired) electrons. The lowest BCUT2D eigenvalue weighted by molar-refractivity contribution is -0.131. The molecule has 2 aliphatic carbocycles. The molecular formula is C22H19Cl2NO2. The maximum atomic E-state index is 13.5. The molecule has 138 valence electrons. The summed E-state index contributed by atoms with van der Waals surface area (Å²) in [6.07, 6.45) is 2.99. The van der Waals surface area contributed by atoms with E-state index < -0.39 is 5.41 Å². The van der Waals surface area contributed by atoms with Crippen molar-refractivity contribution in [1.29, 1.82) is 0 Å². The Bertz CT molecular complexity index is 969. The van der Waals surface area contributed by atoms with Crippen LogP contribution in [0.2, 0.25) is 10.0 Å². The number of fused-ring (bicyclic) bond motifs is 2. The van der Waals surface area contributed by atoms with Crippen LogP contribution in [0.25, 0.3) is 0 Å². The molecule has 1 N–H and O–H groups in total. The van der Waals surface area contributed by atoms with Crippen molar-refractivity contribution in [3.8, 4) is 0 Å². The second-order valence-electron chi connectivity index (χ2n) is 8.01. The molecule has 0 saturated heterocycles. The maximum absolute atomic E-state index is 13.5. The quantitative estimate of drug-likeness (QED) is 0.738. The smallest absolute Gasteiger partial charge is 0.236 e. The summed E-state index contributed by atoms with van der Waals surface area (Å²) < 4.78 is 0. The summed E-state index contributed by atoms with van der Waals surface area (Å²) in [6.45, 7) is 0. The normalized spacial score (nSPS) is 29.7. The maximum Gasteiger partial charge on any atom is 0.236 e. The Kier molecular flexibility index (Phi) is 3.89. The topological polar surface area (TPSA) is 46.2 Å². The molecule has 0 bridgehead atoms. The molecular weight excluding hydrogens is 381 g/mol. The zero-order chi connectivity index (χ0) is 18.8. The number of hydrogen-bond donors (Lipinski definition) is 1. The van der Waals surface area contributed by atoms with Gasteiger partial charge in [0.1, 0.15) is 5.78 Å². The Morgan fingerprint density at radius 1 is 0.963 bits per heavy atom. The molecule has 3 atom stereocenters. The second-order valence-corrected chi connectivity index (χ2v) is 8.88. The van der Waals surface area contributed by atoms with E-state index >= 15 is 0 Å². The molecule has 1 spiro atoms.